The van der Waals surface area contributed by atoms with Crippen LogP contribution in [0.15, 0.2) is 55.0 Å². The molecule has 9 rings (SSSR count). The highest BCUT2D eigenvalue weighted by atomic mass is 19.1. The molecule has 16 heteroatoms. The predicted molar refractivity (Wildman–Crippen MR) is 185 cm³/mol. The van der Waals surface area contributed by atoms with Crippen molar-refractivity contribution in [1.82, 2.24) is 39.2 Å². The molecule has 2 fully saturated rings. The summed E-state index contributed by atoms with van der Waals surface area (Å²) >= 11 is 0. The third-order valence-corrected chi connectivity index (χ3v) is 10.1. The van der Waals surface area contributed by atoms with Gasteiger partial charge in [0.05, 0.1) is 48.1 Å². The molecule has 1 N–H and O–H groups in total. The van der Waals surface area contributed by atoms with Crippen LogP contribution < -0.4 is 15.0 Å². The molecule has 2 aromatic carbocycles. The Hall–Kier alpha value is -5.77. The van der Waals surface area contributed by atoms with Gasteiger partial charge in [0.15, 0.2) is 17.2 Å². The van der Waals surface area contributed by atoms with E-state index in [4.69, 9.17) is 14.5 Å². The number of ether oxygens (including phenoxy) is 2. The van der Waals surface area contributed by atoms with Gasteiger partial charge in [0.25, 0.3) is 0 Å². The number of pyridine rings is 1. The van der Waals surface area contributed by atoms with Crippen LogP contribution in [-0.4, -0.2) is 96.6 Å². The van der Waals surface area contributed by atoms with Crippen LogP contribution >= 0.6 is 0 Å². The molecular formula is C36H33F3N10O3. The van der Waals surface area contributed by atoms with Crippen molar-refractivity contribution >= 4 is 39.6 Å². The molecule has 266 valence electrons. The van der Waals surface area contributed by atoms with Crippen LogP contribution in [0, 0.1) is 24.4 Å². The molecule has 0 spiro atoms. The lowest BCUT2D eigenvalue weighted by Crippen LogP contribution is -2.48. The van der Waals surface area contributed by atoms with E-state index in [0.29, 0.717) is 85.2 Å². The van der Waals surface area contributed by atoms with E-state index in [1.807, 2.05) is 39.5 Å². The molecule has 13 nitrogen and oxygen atoms in total. The van der Waals surface area contributed by atoms with Crippen molar-refractivity contribution in [1.29, 1.82) is 0 Å². The molecule has 6 aromatic rings. The van der Waals surface area contributed by atoms with Crippen LogP contribution in [0.3, 0.4) is 0 Å². The molecule has 52 heavy (non-hydrogen) atoms. The number of aromatic nitrogens is 7. The fourth-order valence-electron chi connectivity index (χ4n) is 7.80. The third-order valence-electron chi connectivity index (χ3n) is 10.1. The summed E-state index contributed by atoms with van der Waals surface area (Å²) in [4.78, 5) is 37.1. The van der Waals surface area contributed by atoms with Crippen molar-refractivity contribution in [3.63, 3.8) is 0 Å². The van der Waals surface area contributed by atoms with E-state index in [1.54, 1.807) is 0 Å². The smallest absolute Gasteiger partial charge is 0.245 e. The van der Waals surface area contributed by atoms with Crippen LogP contribution in [0.5, 0.6) is 5.75 Å². The summed E-state index contributed by atoms with van der Waals surface area (Å²) in [6.45, 7) is 3.94. The van der Waals surface area contributed by atoms with Crippen molar-refractivity contribution in [2.45, 2.75) is 44.5 Å². The molecule has 0 radical (unpaired) electrons. The number of halogens is 3. The molecule has 3 atom stereocenters. The fraction of sp³-hybridized carbons (Fsp3) is 0.333. The Morgan fingerprint density at radius 1 is 1.02 bits per heavy atom. The Labute approximate surface area is 295 Å². The second-order valence-electron chi connectivity index (χ2n) is 13.3. The topological polar surface area (TPSA) is 128 Å². The highest BCUT2D eigenvalue weighted by Crippen LogP contribution is 2.36. The molecule has 3 aliphatic heterocycles. The molecule has 4 aromatic heterocycles. The molecule has 6 bridgehead atoms. The number of nitrogens with one attached hydrogen (secondary N) is 1. The minimum Gasteiger partial charge on any atom is -0.494 e. The quantitative estimate of drug-likeness (QED) is 0.277. The zero-order valence-electron chi connectivity index (χ0n) is 28.3. The average Bonchev–Trinajstić information content (AvgIpc) is 3.77. The summed E-state index contributed by atoms with van der Waals surface area (Å²) in [6, 6.07) is 9.38. The van der Waals surface area contributed by atoms with Gasteiger partial charge in [0, 0.05) is 56.0 Å². The molecule has 2 saturated heterocycles. The SMILES string of the molecule is COc1cc(F)cc(F)c1-n1ncc2c(N3C[C@@H]4C[C@H]3C(=O)N3CCCO[C@@H](C3)Cn3c(C)nc5cc(F)cc(c53)-c3cccc(n3)N4)ncnc21. The number of hydrogen-bond acceptors (Lipinski definition) is 10. The lowest BCUT2D eigenvalue weighted by atomic mass is 10.1. The third kappa shape index (κ3) is 5.36. The number of carbonyl (C=O) groups excluding carboxylic acids is 1. The minimum atomic E-state index is -0.877. The maximum absolute atomic E-state index is 15.2. The van der Waals surface area contributed by atoms with E-state index >= 15 is 8.78 Å². The molecule has 7 heterocycles. The first-order chi connectivity index (χ1) is 25.2. The zero-order chi connectivity index (χ0) is 35.7. The number of nitrogens with zero attached hydrogens (tertiary/aromatic N) is 9. The normalized spacial score (nSPS) is 20.5. The van der Waals surface area contributed by atoms with Crippen LogP contribution in [0.25, 0.3) is 39.0 Å². The van der Waals surface area contributed by atoms with Gasteiger partial charge in [-0.25, -0.2) is 37.8 Å². The average molecular weight is 711 g/mol. The van der Waals surface area contributed by atoms with Crippen LogP contribution in [-0.2, 0) is 16.1 Å². The summed E-state index contributed by atoms with van der Waals surface area (Å²) in [5, 5.41) is 8.41. The van der Waals surface area contributed by atoms with E-state index in [-0.39, 0.29) is 35.1 Å². The number of carbonyl (C=O) groups is 1. The van der Waals surface area contributed by atoms with Gasteiger partial charge in [-0.3, -0.25) is 4.79 Å². The van der Waals surface area contributed by atoms with Crippen molar-refractivity contribution < 1.29 is 27.4 Å². The minimum absolute atomic E-state index is 0.0565. The van der Waals surface area contributed by atoms with Gasteiger partial charge >= 0.3 is 0 Å². The van der Waals surface area contributed by atoms with E-state index in [2.05, 4.69) is 25.4 Å². The van der Waals surface area contributed by atoms with Gasteiger partial charge in [-0.1, -0.05) is 6.07 Å². The van der Waals surface area contributed by atoms with Crippen molar-refractivity contribution in [3.8, 4) is 22.7 Å². The van der Waals surface area contributed by atoms with Crippen LogP contribution in [0.4, 0.5) is 24.8 Å². The molecule has 0 saturated carbocycles. The zero-order valence-corrected chi connectivity index (χ0v) is 28.3. The van der Waals surface area contributed by atoms with Gasteiger partial charge in [-0.15, -0.1) is 0 Å². The lowest BCUT2D eigenvalue weighted by Gasteiger charge is -2.31. The van der Waals surface area contributed by atoms with Crippen molar-refractivity contribution in [2.75, 3.05) is 43.6 Å². The number of rotatable bonds is 3. The molecule has 0 aliphatic carbocycles. The first-order valence-corrected chi connectivity index (χ1v) is 17.0. The summed E-state index contributed by atoms with van der Waals surface area (Å²) < 4.78 is 59.2. The Morgan fingerprint density at radius 3 is 2.75 bits per heavy atom. The molecule has 1 amide bonds. The molecular weight excluding hydrogens is 677 g/mol. The first-order valence-electron chi connectivity index (χ1n) is 17.0. The second-order valence-corrected chi connectivity index (χ2v) is 13.3. The monoisotopic (exact) mass is 710 g/mol. The van der Waals surface area contributed by atoms with Gasteiger partial charge in [-0.2, -0.15) is 5.10 Å². The number of methoxy groups -OCH3 is 1. The maximum atomic E-state index is 15.2. The van der Waals surface area contributed by atoms with Gasteiger partial charge in [0.2, 0.25) is 5.91 Å². The van der Waals surface area contributed by atoms with E-state index in [1.165, 1.54) is 36.4 Å². The Kier molecular flexibility index (Phi) is 7.71. The number of imidazole rings is 1. The molecule has 3 aliphatic rings. The summed E-state index contributed by atoms with van der Waals surface area (Å²) in [5.74, 6) is -0.534. The summed E-state index contributed by atoms with van der Waals surface area (Å²) in [6.07, 6.45) is 3.55. The van der Waals surface area contributed by atoms with Crippen molar-refractivity contribution in [3.05, 3.63) is 78.3 Å². The molecule has 0 unspecified atom stereocenters. The second kappa shape index (κ2) is 12.5. The van der Waals surface area contributed by atoms with E-state index < -0.39 is 23.5 Å². The summed E-state index contributed by atoms with van der Waals surface area (Å²) in [7, 11) is 1.32. The standard InChI is InChI=1S/C36H33F3N10O3/c1-19-43-28-11-20(37)9-24-27-5-3-6-31(45-27)44-22-13-29(36(50)46-7-4-8-52-23(16-46)17-47(19)32(24)28)48(15-22)34-25-14-42-49(35(25)41-18-40-34)33-26(39)10-21(38)12-30(33)51-2/h3,5-6,9-12,14,18,22-23,29H,4,7-8,13,15-17H2,1-2H3,(H,44,45)/t22-,23-,29-/m0/s1. The number of hydrogen-bond donors (Lipinski definition) is 1. The number of fused-ring (bicyclic) bond motifs is 8. The lowest BCUT2D eigenvalue weighted by molar-refractivity contribution is -0.133. The number of anilines is 2. The van der Waals surface area contributed by atoms with E-state index in [9.17, 15) is 9.18 Å². The van der Waals surface area contributed by atoms with E-state index in [0.717, 1.165) is 17.6 Å². The van der Waals surface area contributed by atoms with Crippen LogP contribution in [0.1, 0.15) is 18.7 Å². The highest BCUT2D eigenvalue weighted by molar-refractivity contribution is 5.94. The Balaban J connectivity index is 1.16. The fourth-order valence-corrected chi connectivity index (χ4v) is 7.80. The van der Waals surface area contributed by atoms with Gasteiger partial charge < -0.3 is 29.2 Å². The number of amides is 1. The largest absolute Gasteiger partial charge is 0.494 e. The first kappa shape index (κ1) is 32.2. The number of benzene rings is 2. The van der Waals surface area contributed by atoms with Crippen molar-refractivity contribution in [2.24, 2.45) is 0 Å². The Morgan fingerprint density at radius 2 is 1.88 bits per heavy atom. The Bertz CT molecular complexity index is 2380. The number of aryl methyl sites for hydroxylation is 1. The van der Waals surface area contributed by atoms with Gasteiger partial charge in [-0.05, 0) is 38.0 Å². The highest BCUT2D eigenvalue weighted by Gasteiger charge is 2.42. The van der Waals surface area contributed by atoms with Crippen LogP contribution in [0.2, 0.25) is 0 Å². The maximum Gasteiger partial charge on any atom is 0.245 e. The summed E-state index contributed by atoms with van der Waals surface area (Å²) in [5.41, 5.74) is 2.61. The van der Waals surface area contributed by atoms with Gasteiger partial charge in [0.1, 0.15) is 47.2 Å². The predicted octanol–water partition coefficient (Wildman–Crippen LogP) is 4.65.